The third-order valence-electron chi connectivity index (χ3n) is 2.49. The fraction of sp³-hybridized carbons (Fsp3) is 0.167. The quantitative estimate of drug-likeness (QED) is 0.867. The van der Waals surface area contributed by atoms with Crippen molar-refractivity contribution in [3.05, 3.63) is 47.0 Å². The maximum Gasteiger partial charge on any atom is 0.356 e. The summed E-state index contributed by atoms with van der Waals surface area (Å²) in [5.41, 5.74) is 1.81. The molecule has 88 valence electrons. The van der Waals surface area contributed by atoms with Gasteiger partial charge in [0, 0.05) is 5.69 Å². The summed E-state index contributed by atoms with van der Waals surface area (Å²) in [6.07, 6.45) is 0. The lowest BCUT2D eigenvalue weighted by atomic mass is 10.2. The molecule has 1 heterocycles. The van der Waals surface area contributed by atoms with Crippen LogP contribution in [0.2, 0.25) is 0 Å². The van der Waals surface area contributed by atoms with E-state index in [4.69, 9.17) is 5.11 Å². The zero-order chi connectivity index (χ0) is 12.6. The van der Waals surface area contributed by atoms with Crippen LogP contribution in [-0.4, -0.2) is 20.9 Å². The van der Waals surface area contributed by atoms with Gasteiger partial charge in [0.25, 0.3) is 0 Å². The summed E-state index contributed by atoms with van der Waals surface area (Å²) in [7, 11) is 0. The summed E-state index contributed by atoms with van der Waals surface area (Å²) in [5, 5.41) is 12.8. The van der Waals surface area contributed by atoms with Crippen molar-refractivity contribution in [3.63, 3.8) is 0 Å². The largest absolute Gasteiger partial charge is 0.476 e. The SMILES string of the molecule is Cc1cc(-n2nc(C(=O)O)cc2C)ccc1F. The van der Waals surface area contributed by atoms with Crippen molar-refractivity contribution in [1.29, 1.82) is 0 Å². The Balaban J connectivity index is 2.52. The summed E-state index contributed by atoms with van der Waals surface area (Å²) < 4.78 is 14.6. The van der Waals surface area contributed by atoms with Gasteiger partial charge >= 0.3 is 5.97 Å². The molecule has 0 atom stereocenters. The highest BCUT2D eigenvalue weighted by atomic mass is 19.1. The smallest absolute Gasteiger partial charge is 0.356 e. The first-order valence-corrected chi connectivity index (χ1v) is 5.05. The van der Waals surface area contributed by atoms with Gasteiger partial charge in [-0.3, -0.25) is 0 Å². The molecule has 2 rings (SSSR count). The summed E-state index contributed by atoms with van der Waals surface area (Å²) in [6, 6.07) is 6.00. The summed E-state index contributed by atoms with van der Waals surface area (Å²) >= 11 is 0. The molecule has 1 aromatic heterocycles. The van der Waals surface area contributed by atoms with E-state index in [1.807, 2.05) is 0 Å². The number of hydrogen-bond donors (Lipinski definition) is 1. The molecule has 17 heavy (non-hydrogen) atoms. The van der Waals surface area contributed by atoms with Crippen LogP contribution in [0.3, 0.4) is 0 Å². The molecule has 1 N–H and O–H groups in total. The average Bonchev–Trinajstić information content (AvgIpc) is 2.65. The number of carboxylic acids is 1. The van der Waals surface area contributed by atoms with Gasteiger partial charge < -0.3 is 5.11 Å². The molecule has 0 aliphatic heterocycles. The summed E-state index contributed by atoms with van der Waals surface area (Å²) in [5.74, 6) is -1.37. The molecule has 4 nitrogen and oxygen atoms in total. The first-order valence-electron chi connectivity index (χ1n) is 5.05. The van der Waals surface area contributed by atoms with Gasteiger partial charge in [-0.15, -0.1) is 0 Å². The highest BCUT2D eigenvalue weighted by molar-refractivity contribution is 5.85. The number of aromatic nitrogens is 2. The molecule has 1 aromatic carbocycles. The highest BCUT2D eigenvalue weighted by Gasteiger charge is 2.12. The van der Waals surface area contributed by atoms with Crippen LogP contribution in [-0.2, 0) is 0 Å². The Labute approximate surface area is 97.3 Å². The molecule has 0 saturated heterocycles. The molecule has 0 aliphatic rings. The molecular formula is C12H11FN2O2. The monoisotopic (exact) mass is 234 g/mol. The number of halogens is 1. The van der Waals surface area contributed by atoms with Crippen molar-refractivity contribution >= 4 is 5.97 Å². The number of nitrogens with zero attached hydrogens (tertiary/aromatic N) is 2. The van der Waals surface area contributed by atoms with E-state index in [-0.39, 0.29) is 11.5 Å². The lowest BCUT2D eigenvalue weighted by Crippen LogP contribution is -2.02. The molecule has 0 aliphatic carbocycles. The van der Waals surface area contributed by atoms with Crippen molar-refractivity contribution < 1.29 is 14.3 Å². The van der Waals surface area contributed by atoms with Crippen LogP contribution in [0.15, 0.2) is 24.3 Å². The zero-order valence-corrected chi connectivity index (χ0v) is 9.44. The Kier molecular flexibility index (Phi) is 2.67. The number of aryl methyl sites for hydroxylation is 2. The maximum absolute atomic E-state index is 13.1. The minimum atomic E-state index is -1.08. The maximum atomic E-state index is 13.1. The van der Waals surface area contributed by atoms with Gasteiger partial charge in [0.15, 0.2) is 5.69 Å². The number of benzene rings is 1. The molecule has 0 unspecified atom stereocenters. The van der Waals surface area contributed by atoms with Crippen molar-refractivity contribution in [1.82, 2.24) is 9.78 Å². The molecular weight excluding hydrogens is 223 g/mol. The number of carboxylic acid groups (broad SMARTS) is 1. The second-order valence-electron chi connectivity index (χ2n) is 3.82. The first kappa shape index (κ1) is 11.3. The fourth-order valence-corrected chi connectivity index (χ4v) is 1.60. The molecule has 0 radical (unpaired) electrons. The van der Waals surface area contributed by atoms with Crippen molar-refractivity contribution in [2.75, 3.05) is 0 Å². The minimum Gasteiger partial charge on any atom is -0.476 e. The van der Waals surface area contributed by atoms with Gasteiger partial charge in [0.05, 0.1) is 5.69 Å². The van der Waals surface area contributed by atoms with Crippen molar-refractivity contribution in [2.24, 2.45) is 0 Å². The van der Waals surface area contributed by atoms with E-state index in [1.165, 1.54) is 16.8 Å². The number of hydrogen-bond acceptors (Lipinski definition) is 2. The summed E-state index contributed by atoms with van der Waals surface area (Å²) in [4.78, 5) is 10.8. The standard InChI is InChI=1S/C12H11FN2O2/c1-7-5-9(3-4-10(7)13)15-8(2)6-11(14-15)12(16)17/h3-6H,1-2H3,(H,16,17). The normalized spacial score (nSPS) is 10.5. The predicted molar refractivity (Wildman–Crippen MR) is 60.0 cm³/mol. The van der Waals surface area contributed by atoms with Gasteiger partial charge in [0.1, 0.15) is 5.82 Å². The zero-order valence-electron chi connectivity index (χ0n) is 9.44. The lowest BCUT2D eigenvalue weighted by molar-refractivity contribution is 0.0690. The van der Waals surface area contributed by atoms with Gasteiger partial charge in [-0.25, -0.2) is 13.9 Å². The number of rotatable bonds is 2. The highest BCUT2D eigenvalue weighted by Crippen LogP contribution is 2.15. The van der Waals surface area contributed by atoms with Gasteiger partial charge in [-0.1, -0.05) is 0 Å². The van der Waals surface area contributed by atoms with Crippen LogP contribution >= 0.6 is 0 Å². The van der Waals surface area contributed by atoms with E-state index in [0.29, 0.717) is 16.9 Å². The van der Waals surface area contributed by atoms with Crippen LogP contribution in [0.25, 0.3) is 5.69 Å². The van der Waals surface area contributed by atoms with Crippen LogP contribution in [0.1, 0.15) is 21.7 Å². The van der Waals surface area contributed by atoms with E-state index in [1.54, 1.807) is 26.0 Å². The number of carbonyl (C=O) groups is 1. The van der Waals surface area contributed by atoms with E-state index in [0.717, 1.165) is 0 Å². The Morgan fingerprint density at radius 1 is 1.35 bits per heavy atom. The Morgan fingerprint density at radius 3 is 2.59 bits per heavy atom. The van der Waals surface area contributed by atoms with Gasteiger partial charge in [-0.2, -0.15) is 5.10 Å². The fourth-order valence-electron chi connectivity index (χ4n) is 1.60. The Bertz CT molecular complexity index is 590. The van der Waals surface area contributed by atoms with E-state index >= 15 is 0 Å². The van der Waals surface area contributed by atoms with Crippen LogP contribution in [0.4, 0.5) is 4.39 Å². The molecule has 0 saturated carbocycles. The third kappa shape index (κ3) is 2.04. The molecule has 0 bridgehead atoms. The third-order valence-corrected chi connectivity index (χ3v) is 2.49. The van der Waals surface area contributed by atoms with Crippen LogP contribution < -0.4 is 0 Å². The van der Waals surface area contributed by atoms with E-state index in [2.05, 4.69) is 5.10 Å². The van der Waals surface area contributed by atoms with E-state index < -0.39 is 5.97 Å². The van der Waals surface area contributed by atoms with Gasteiger partial charge in [0.2, 0.25) is 0 Å². The molecule has 2 aromatic rings. The molecule has 0 fully saturated rings. The minimum absolute atomic E-state index is 0.0236. The van der Waals surface area contributed by atoms with Crippen molar-refractivity contribution in [2.45, 2.75) is 13.8 Å². The summed E-state index contributed by atoms with van der Waals surface area (Å²) in [6.45, 7) is 3.40. The molecule has 0 amide bonds. The molecule has 5 heteroatoms. The Hall–Kier alpha value is -2.17. The second-order valence-corrected chi connectivity index (χ2v) is 3.82. The second kappa shape index (κ2) is 4.01. The van der Waals surface area contributed by atoms with Crippen LogP contribution in [0, 0.1) is 19.7 Å². The van der Waals surface area contributed by atoms with Crippen molar-refractivity contribution in [3.8, 4) is 5.69 Å². The molecule has 0 spiro atoms. The predicted octanol–water partition coefficient (Wildman–Crippen LogP) is 2.33. The Morgan fingerprint density at radius 2 is 2.06 bits per heavy atom. The first-order chi connectivity index (χ1) is 7.99. The van der Waals surface area contributed by atoms with Crippen LogP contribution in [0.5, 0.6) is 0 Å². The van der Waals surface area contributed by atoms with E-state index in [9.17, 15) is 9.18 Å². The topological polar surface area (TPSA) is 55.1 Å². The van der Waals surface area contributed by atoms with Gasteiger partial charge in [-0.05, 0) is 43.7 Å². The number of aromatic carboxylic acids is 1. The lowest BCUT2D eigenvalue weighted by Gasteiger charge is -2.05. The average molecular weight is 234 g/mol.